The highest BCUT2D eigenvalue weighted by molar-refractivity contribution is 7.13. The number of piperazine rings is 1. The molecule has 4 amide bonds. The van der Waals surface area contributed by atoms with E-state index in [1.54, 1.807) is 35.6 Å². The summed E-state index contributed by atoms with van der Waals surface area (Å²) in [5.41, 5.74) is 13.6. The molecule has 68 heavy (non-hydrogen) atoms. The number of β-amino-alcohol motifs (C(OH)–C–C–N with tert-alkyl or cyclic N) is 1. The van der Waals surface area contributed by atoms with E-state index in [-0.39, 0.29) is 55.2 Å². The zero-order valence-corrected chi connectivity index (χ0v) is 40.0. The number of para-hydroxylation sites is 1. The number of aromatic nitrogens is 3. The largest absolute Gasteiger partial charge is 0.507 e. The Balaban J connectivity index is 0.816. The molecule has 0 aliphatic carbocycles. The fourth-order valence-electron chi connectivity index (χ4n) is 8.53. The van der Waals surface area contributed by atoms with Gasteiger partial charge in [0.2, 0.25) is 23.6 Å². The van der Waals surface area contributed by atoms with E-state index < -0.39 is 29.5 Å². The van der Waals surface area contributed by atoms with Gasteiger partial charge in [-0.05, 0) is 72.2 Å². The summed E-state index contributed by atoms with van der Waals surface area (Å²) in [5.74, 6) is 5.68. The predicted molar refractivity (Wildman–Crippen MR) is 263 cm³/mol. The molecule has 3 aromatic carbocycles. The molecule has 2 aromatic heterocycles. The van der Waals surface area contributed by atoms with Crippen LogP contribution in [0.4, 0.5) is 5.82 Å². The molecule has 16 heteroatoms. The van der Waals surface area contributed by atoms with E-state index in [1.165, 1.54) is 4.90 Å². The maximum atomic E-state index is 14.1. The molecule has 0 bridgehead atoms. The predicted octanol–water partition coefficient (Wildman–Crippen LogP) is 5.67. The Kier molecular flexibility index (Phi) is 16.2. The maximum absolute atomic E-state index is 14.1. The van der Waals surface area contributed by atoms with Crippen LogP contribution in [0.25, 0.3) is 21.7 Å². The smallest absolute Gasteiger partial charge is 0.246 e. The number of phenols is 1. The van der Waals surface area contributed by atoms with Gasteiger partial charge in [0.25, 0.3) is 0 Å². The normalized spacial score (nSPS) is 16.7. The summed E-state index contributed by atoms with van der Waals surface area (Å²) in [6.07, 6.45) is 1.74. The average Bonchev–Trinajstić information content (AvgIpc) is 3.94. The summed E-state index contributed by atoms with van der Waals surface area (Å²) >= 11 is 1.58. The molecule has 0 saturated carbocycles. The molecule has 2 aliphatic heterocycles. The number of likely N-dealkylation sites (tertiary alicyclic amines) is 1. The highest BCUT2D eigenvalue weighted by Crippen LogP contribution is 2.30. The number of aliphatic hydroxyl groups excluding tert-OH is 1. The van der Waals surface area contributed by atoms with Crippen LogP contribution in [0, 0.1) is 24.2 Å². The van der Waals surface area contributed by atoms with Gasteiger partial charge in [0.05, 0.1) is 33.4 Å². The van der Waals surface area contributed by atoms with Gasteiger partial charge in [-0.3, -0.25) is 24.1 Å². The molecular weight excluding hydrogens is 879 g/mol. The molecule has 2 saturated heterocycles. The third-order valence-electron chi connectivity index (χ3n) is 12.4. The molecule has 2 fully saturated rings. The monoisotopic (exact) mass is 939 g/mol. The number of hydrogen-bond acceptors (Lipinski definition) is 12. The third kappa shape index (κ3) is 12.9. The molecular formula is C52H61N9O6S. The van der Waals surface area contributed by atoms with Crippen molar-refractivity contribution in [1.82, 2.24) is 40.5 Å². The number of carbonyl (C=O) groups excluding carboxylic acids is 4. The van der Waals surface area contributed by atoms with Gasteiger partial charge >= 0.3 is 0 Å². The molecule has 5 aromatic rings. The van der Waals surface area contributed by atoms with Crippen LogP contribution >= 0.6 is 11.3 Å². The quantitative estimate of drug-likeness (QED) is 0.0639. The number of nitrogens with zero attached hydrogens (tertiary/aromatic N) is 6. The minimum absolute atomic E-state index is 0.00353. The van der Waals surface area contributed by atoms with E-state index in [1.807, 2.05) is 86.6 Å². The number of anilines is 1. The molecule has 4 heterocycles. The Bertz CT molecular complexity index is 2650. The van der Waals surface area contributed by atoms with Crippen molar-refractivity contribution in [1.29, 1.82) is 0 Å². The Morgan fingerprint density at radius 2 is 1.65 bits per heavy atom. The van der Waals surface area contributed by atoms with Crippen LogP contribution < -0.4 is 16.4 Å². The van der Waals surface area contributed by atoms with Gasteiger partial charge in [-0.1, -0.05) is 87.6 Å². The van der Waals surface area contributed by atoms with Crippen molar-refractivity contribution in [2.75, 3.05) is 38.5 Å². The molecule has 2 aliphatic rings. The first-order valence-electron chi connectivity index (χ1n) is 23.2. The topological polar surface area (TPSA) is 207 Å². The summed E-state index contributed by atoms with van der Waals surface area (Å²) in [6.45, 7) is 11.3. The number of unbranched alkanes of at least 4 members (excludes halogenated alkanes) is 2. The number of phenolic OH excluding ortho intramolecular Hbond substituents is 1. The molecule has 0 unspecified atom stereocenters. The van der Waals surface area contributed by atoms with Crippen molar-refractivity contribution in [3.8, 4) is 39.3 Å². The van der Waals surface area contributed by atoms with Crippen molar-refractivity contribution in [2.24, 2.45) is 5.41 Å². The van der Waals surface area contributed by atoms with Crippen LogP contribution in [-0.4, -0.2) is 115 Å². The molecule has 0 spiro atoms. The zero-order chi connectivity index (χ0) is 48.4. The van der Waals surface area contributed by atoms with Crippen molar-refractivity contribution >= 4 is 40.8 Å². The Morgan fingerprint density at radius 3 is 2.37 bits per heavy atom. The standard InChI is InChI=1S/C52H61N9O6S/c1-34-47(68-33-55-34)38-20-18-36(19-21-38)30-54-50(66)43-29-40(62)32-61(43)51(67)48(52(2,3)4)56-45(64)15-6-5-7-16-46(65)60-25-23-59(24-26-60)31-37-12-10-11-35(27-37)17-22-39-28-42(57-58-49(39)53)41-13-8-9-14-44(41)63/h8-14,18-21,27-28,33,40,43,48,62-63H,5-7,15-16,23-26,29-32H2,1-4H3,(H2,53,58)(H,54,66)(H,56,64)/t40-,43+,48-/m1/s1. The van der Waals surface area contributed by atoms with Crippen LogP contribution in [-0.2, 0) is 32.3 Å². The van der Waals surface area contributed by atoms with Crippen LogP contribution in [0.15, 0.2) is 84.4 Å². The van der Waals surface area contributed by atoms with Gasteiger partial charge < -0.3 is 36.4 Å². The second-order valence-corrected chi connectivity index (χ2v) is 19.5. The summed E-state index contributed by atoms with van der Waals surface area (Å²) in [4.78, 5) is 65.0. The van der Waals surface area contributed by atoms with Gasteiger partial charge in [-0.25, -0.2) is 4.98 Å². The van der Waals surface area contributed by atoms with Crippen LogP contribution in [0.2, 0.25) is 0 Å². The lowest BCUT2D eigenvalue weighted by atomic mass is 9.85. The number of thiazole rings is 1. The molecule has 0 radical (unpaired) electrons. The number of nitrogens with two attached hydrogens (primary N) is 1. The van der Waals surface area contributed by atoms with E-state index >= 15 is 0 Å². The van der Waals surface area contributed by atoms with E-state index in [9.17, 15) is 29.4 Å². The number of aryl methyl sites for hydroxylation is 1. The van der Waals surface area contributed by atoms with Gasteiger partial charge in [0, 0.05) is 76.2 Å². The lowest BCUT2D eigenvalue weighted by molar-refractivity contribution is -0.144. The van der Waals surface area contributed by atoms with Crippen LogP contribution in [0.3, 0.4) is 0 Å². The number of hydrogen-bond donors (Lipinski definition) is 5. The SMILES string of the molecule is Cc1ncsc1-c1ccc(CNC(=O)[C@@H]2C[C@@H](O)CN2C(=O)[C@@H](NC(=O)CCCCCC(=O)N2CCN(Cc3cccc(C#Cc4cc(-c5ccccc5O)nnc4N)c3)CC2)C(C)(C)C)cc1. The lowest BCUT2D eigenvalue weighted by Gasteiger charge is -2.35. The van der Waals surface area contributed by atoms with Gasteiger partial charge in [-0.2, -0.15) is 0 Å². The molecule has 7 rings (SSSR count). The molecule has 3 atom stereocenters. The van der Waals surface area contributed by atoms with Crippen molar-refractivity contribution in [3.63, 3.8) is 0 Å². The third-order valence-corrected chi connectivity index (χ3v) is 13.4. The fraction of sp³-hybridized carbons (Fsp3) is 0.404. The van der Waals surface area contributed by atoms with Crippen molar-refractivity contribution in [3.05, 3.63) is 112 Å². The van der Waals surface area contributed by atoms with E-state index in [2.05, 4.69) is 48.6 Å². The summed E-state index contributed by atoms with van der Waals surface area (Å²) in [5, 5.41) is 34.9. The van der Waals surface area contributed by atoms with Gasteiger partial charge in [0.1, 0.15) is 17.8 Å². The number of aliphatic hydroxyl groups is 1. The number of amides is 4. The van der Waals surface area contributed by atoms with Gasteiger partial charge in [-0.15, -0.1) is 21.5 Å². The molecule has 15 nitrogen and oxygen atoms in total. The second-order valence-electron chi connectivity index (χ2n) is 18.7. The number of carbonyl (C=O) groups is 4. The highest BCUT2D eigenvalue weighted by atomic mass is 32.1. The number of nitrogen functional groups attached to an aromatic ring is 1. The Morgan fingerprint density at radius 1 is 0.897 bits per heavy atom. The second kappa shape index (κ2) is 22.4. The summed E-state index contributed by atoms with van der Waals surface area (Å²) < 4.78 is 0. The summed E-state index contributed by atoms with van der Waals surface area (Å²) in [7, 11) is 0. The van der Waals surface area contributed by atoms with Crippen LogP contribution in [0.1, 0.15) is 87.2 Å². The van der Waals surface area contributed by atoms with Crippen molar-refractivity contribution in [2.45, 2.75) is 97.5 Å². The number of nitrogens with one attached hydrogen (secondary N) is 2. The van der Waals surface area contributed by atoms with E-state index in [4.69, 9.17) is 5.73 Å². The first-order chi connectivity index (χ1) is 32.6. The van der Waals surface area contributed by atoms with E-state index in [0.29, 0.717) is 55.6 Å². The average molecular weight is 940 g/mol. The number of aromatic hydroxyl groups is 1. The first-order valence-corrected chi connectivity index (χ1v) is 24.1. The molecule has 356 valence electrons. The first kappa shape index (κ1) is 49.2. The van der Waals surface area contributed by atoms with E-state index in [0.717, 1.165) is 52.5 Å². The number of benzene rings is 3. The minimum Gasteiger partial charge on any atom is -0.507 e. The fourth-order valence-corrected chi connectivity index (χ4v) is 9.35. The maximum Gasteiger partial charge on any atom is 0.246 e. The highest BCUT2D eigenvalue weighted by Gasteiger charge is 2.44. The van der Waals surface area contributed by atoms with Crippen LogP contribution in [0.5, 0.6) is 5.75 Å². The Hall–Kier alpha value is -6.67. The zero-order valence-electron chi connectivity index (χ0n) is 39.2. The number of rotatable bonds is 15. The molecule has 6 N–H and O–H groups in total. The van der Waals surface area contributed by atoms with Crippen molar-refractivity contribution < 1.29 is 29.4 Å². The van der Waals surface area contributed by atoms with Gasteiger partial charge in [0.15, 0.2) is 5.82 Å². The minimum atomic E-state index is -0.904. The summed E-state index contributed by atoms with van der Waals surface area (Å²) in [6, 6.07) is 22.8. The Labute approximate surface area is 402 Å². The lowest BCUT2D eigenvalue weighted by Crippen LogP contribution is -2.57.